The smallest absolute Gasteiger partial charge is 0.391 e. The zero-order chi connectivity index (χ0) is 39.3. The van der Waals surface area contributed by atoms with Crippen LogP contribution in [0.5, 0.6) is 0 Å². The van der Waals surface area contributed by atoms with Crippen molar-refractivity contribution in [3.8, 4) is 0 Å². The van der Waals surface area contributed by atoms with Crippen LogP contribution in [0.1, 0.15) is 226 Å². The Hall–Kier alpha value is -0.500. The van der Waals surface area contributed by atoms with Gasteiger partial charge in [-0.25, -0.2) is 4.57 Å². The highest BCUT2D eigenvalue weighted by atomic mass is 31.2. The van der Waals surface area contributed by atoms with E-state index in [4.69, 9.17) is 9.05 Å². The second-order valence-electron chi connectivity index (χ2n) is 17.1. The molecular weight excluding hydrogens is 683 g/mol. The van der Waals surface area contributed by atoms with E-state index in [1.54, 1.807) is 0 Å². The molecule has 318 valence electrons. The van der Waals surface area contributed by atoms with Crippen LogP contribution in [0, 0.1) is 0 Å². The maximum atomic E-state index is 12.8. The van der Waals surface area contributed by atoms with Crippen molar-refractivity contribution in [3.05, 3.63) is 0 Å². The number of nitrogens with zero attached hydrogens (tertiary/aromatic N) is 1. The molecule has 8 nitrogen and oxygen atoms in total. The van der Waals surface area contributed by atoms with Crippen molar-refractivity contribution in [2.24, 2.45) is 0 Å². The molecule has 0 aromatic rings. The zero-order valence-electron chi connectivity index (χ0n) is 36.0. The van der Waals surface area contributed by atoms with E-state index in [2.05, 4.69) is 19.2 Å². The number of hydrogen-bond acceptors (Lipinski definition) is 5. The molecule has 0 spiro atoms. The van der Waals surface area contributed by atoms with Crippen molar-refractivity contribution in [3.63, 3.8) is 0 Å². The molecular formula is C44H92N2O6P+. The molecule has 1 amide bonds. The Morgan fingerprint density at radius 1 is 0.566 bits per heavy atom. The Kier molecular flexibility index (Phi) is 36.7. The van der Waals surface area contributed by atoms with E-state index < -0.39 is 20.0 Å². The molecule has 0 aliphatic carbocycles. The van der Waals surface area contributed by atoms with E-state index in [1.165, 1.54) is 161 Å². The molecule has 3 N–H and O–H groups in total. The summed E-state index contributed by atoms with van der Waals surface area (Å²) < 4.78 is 23.6. The summed E-state index contributed by atoms with van der Waals surface area (Å²) in [6.45, 7) is 4.87. The van der Waals surface area contributed by atoms with Crippen LogP contribution in [0.3, 0.4) is 0 Å². The predicted molar refractivity (Wildman–Crippen MR) is 226 cm³/mol. The molecule has 9 heteroatoms. The molecule has 0 aliphatic heterocycles. The van der Waals surface area contributed by atoms with Crippen molar-refractivity contribution < 1.29 is 32.9 Å². The summed E-state index contributed by atoms with van der Waals surface area (Å²) in [6, 6.07) is -0.751. The van der Waals surface area contributed by atoms with Crippen molar-refractivity contribution in [1.29, 1.82) is 0 Å². The predicted octanol–water partition coefficient (Wildman–Crippen LogP) is 12.6. The molecule has 0 saturated carbocycles. The normalized spacial score (nSPS) is 14.3. The largest absolute Gasteiger partial charge is 0.472 e. The van der Waals surface area contributed by atoms with E-state index in [0.29, 0.717) is 23.9 Å². The molecule has 3 atom stereocenters. The first-order valence-corrected chi connectivity index (χ1v) is 24.4. The number of unbranched alkanes of at least 4 members (excludes halogenated alkanes) is 29. The molecule has 0 aromatic heterocycles. The number of quaternary nitrogens is 1. The monoisotopic (exact) mass is 776 g/mol. The first-order chi connectivity index (χ1) is 25.5. The fourth-order valence-electron chi connectivity index (χ4n) is 6.93. The van der Waals surface area contributed by atoms with Crippen molar-refractivity contribution in [1.82, 2.24) is 5.32 Å². The number of hydrogen-bond donors (Lipinski definition) is 3. The lowest BCUT2D eigenvalue weighted by Crippen LogP contribution is -2.46. The van der Waals surface area contributed by atoms with Gasteiger partial charge in [0.05, 0.1) is 39.9 Å². The summed E-state index contributed by atoms with van der Waals surface area (Å²) in [5, 5.41) is 13.9. The number of phosphoric acid groups is 1. The summed E-state index contributed by atoms with van der Waals surface area (Å²) in [5.41, 5.74) is 0. The Balaban J connectivity index is 4.12. The lowest BCUT2D eigenvalue weighted by Gasteiger charge is -2.26. The molecule has 0 saturated heterocycles. The molecule has 0 aromatic carbocycles. The molecule has 0 heterocycles. The van der Waals surface area contributed by atoms with E-state index >= 15 is 0 Å². The number of likely N-dealkylation sites (N-methyl/N-ethyl adjacent to an activating group) is 1. The van der Waals surface area contributed by atoms with Gasteiger partial charge in [-0.2, -0.15) is 0 Å². The first-order valence-electron chi connectivity index (χ1n) is 22.9. The van der Waals surface area contributed by atoms with Crippen LogP contribution >= 0.6 is 7.82 Å². The van der Waals surface area contributed by atoms with Gasteiger partial charge in [0.15, 0.2) is 0 Å². The van der Waals surface area contributed by atoms with Gasteiger partial charge in [-0.05, 0) is 12.8 Å². The highest BCUT2D eigenvalue weighted by molar-refractivity contribution is 7.47. The second kappa shape index (κ2) is 37.1. The minimum absolute atomic E-state index is 0.0782. The summed E-state index contributed by atoms with van der Waals surface area (Å²) in [4.78, 5) is 23.0. The zero-order valence-corrected chi connectivity index (χ0v) is 36.9. The van der Waals surface area contributed by atoms with Gasteiger partial charge in [0.2, 0.25) is 5.91 Å². The third-order valence-corrected chi connectivity index (χ3v) is 11.6. The number of carbonyl (C=O) groups is 1. The van der Waals surface area contributed by atoms with Gasteiger partial charge in [0.25, 0.3) is 0 Å². The van der Waals surface area contributed by atoms with Crippen molar-refractivity contribution in [2.45, 2.75) is 238 Å². The van der Waals surface area contributed by atoms with Crippen LogP contribution in [0.15, 0.2) is 0 Å². The number of phosphoric ester groups is 1. The van der Waals surface area contributed by atoms with E-state index in [9.17, 15) is 19.4 Å². The highest BCUT2D eigenvalue weighted by Gasteiger charge is 2.28. The van der Waals surface area contributed by atoms with Crippen molar-refractivity contribution in [2.75, 3.05) is 40.9 Å². The Morgan fingerprint density at radius 2 is 0.906 bits per heavy atom. The quantitative estimate of drug-likeness (QED) is 0.0324. The number of carbonyl (C=O) groups excluding carboxylic acids is 1. The minimum Gasteiger partial charge on any atom is -0.391 e. The SMILES string of the molecule is CCCCCCCCCCCCCCCCCCCCCCCCCC(O)C(COP(=O)(O)OCC[N+](C)(C)C)NC(=O)CCCCCCCCCC. The number of rotatable bonds is 42. The molecule has 53 heavy (non-hydrogen) atoms. The van der Waals surface area contributed by atoms with Gasteiger partial charge >= 0.3 is 7.82 Å². The van der Waals surface area contributed by atoms with Crippen LogP contribution in [0.4, 0.5) is 0 Å². The summed E-state index contributed by atoms with van der Waals surface area (Å²) in [6.07, 6.45) is 40.1. The standard InChI is InChI=1S/C44H91N2O6P/c1-6-8-10-12-14-16-17-18-19-20-21-22-23-24-25-26-27-28-29-30-31-33-35-37-43(47)42(41-52-53(49,50)51-40-39-46(3,4)5)45-44(48)38-36-34-32-15-13-11-9-7-2/h42-43,47H,6-41H2,1-5H3,(H-,45,48,49,50)/p+1. The highest BCUT2D eigenvalue weighted by Crippen LogP contribution is 2.43. The number of amides is 1. The van der Waals surface area contributed by atoms with Crippen molar-refractivity contribution >= 4 is 13.7 Å². The fourth-order valence-corrected chi connectivity index (χ4v) is 7.67. The second-order valence-corrected chi connectivity index (χ2v) is 18.6. The minimum atomic E-state index is -4.30. The third kappa shape index (κ3) is 39.5. The summed E-state index contributed by atoms with van der Waals surface area (Å²) in [5.74, 6) is -0.147. The van der Waals surface area contributed by atoms with Gasteiger partial charge in [-0.1, -0.05) is 206 Å². The van der Waals surface area contributed by atoms with Crippen LogP contribution in [0.25, 0.3) is 0 Å². The van der Waals surface area contributed by atoms with Crippen LogP contribution in [-0.2, 0) is 18.4 Å². The molecule has 0 fully saturated rings. The first kappa shape index (κ1) is 52.5. The fraction of sp³-hybridized carbons (Fsp3) is 0.977. The maximum absolute atomic E-state index is 12.8. The van der Waals surface area contributed by atoms with Crippen LogP contribution in [-0.4, -0.2) is 73.4 Å². The Bertz CT molecular complexity index is 839. The van der Waals surface area contributed by atoms with Gasteiger partial charge < -0.3 is 19.8 Å². The summed E-state index contributed by atoms with van der Waals surface area (Å²) >= 11 is 0. The maximum Gasteiger partial charge on any atom is 0.472 e. The van der Waals surface area contributed by atoms with Gasteiger partial charge in [-0.15, -0.1) is 0 Å². The van der Waals surface area contributed by atoms with Gasteiger partial charge in [-0.3, -0.25) is 13.8 Å². The van der Waals surface area contributed by atoms with E-state index in [1.807, 2.05) is 21.1 Å². The molecule has 0 bridgehead atoms. The van der Waals surface area contributed by atoms with Crippen LogP contribution < -0.4 is 5.32 Å². The molecule has 0 rings (SSSR count). The third-order valence-electron chi connectivity index (χ3n) is 10.6. The van der Waals surface area contributed by atoms with Crippen LogP contribution in [0.2, 0.25) is 0 Å². The average molecular weight is 776 g/mol. The number of aliphatic hydroxyl groups excluding tert-OH is 1. The van der Waals surface area contributed by atoms with E-state index in [0.717, 1.165) is 38.5 Å². The number of nitrogens with one attached hydrogen (secondary N) is 1. The molecule has 0 aliphatic rings. The molecule has 3 unspecified atom stereocenters. The molecule has 0 radical (unpaired) electrons. The Morgan fingerprint density at radius 3 is 1.26 bits per heavy atom. The van der Waals surface area contributed by atoms with E-state index in [-0.39, 0.29) is 19.1 Å². The average Bonchev–Trinajstić information content (AvgIpc) is 3.10. The Labute approximate surface area is 329 Å². The van der Waals surface area contributed by atoms with Gasteiger partial charge in [0.1, 0.15) is 13.2 Å². The topological polar surface area (TPSA) is 105 Å². The number of aliphatic hydroxyl groups is 1. The van der Waals surface area contributed by atoms with Gasteiger partial charge in [0, 0.05) is 6.42 Å². The summed E-state index contributed by atoms with van der Waals surface area (Å²) in [7, 11) is 1.63. The lowest BCUT2D eigenvalue weighted by atomic mass is 10.0. The lowest BCUT2D eigenvalue weighted by molar-refractivity contribution is -0.870.